The molecule has 1 saturated heterocycles. The fourth-order valence-electron chi connectivity index (χ4n) is 3.09. The van der Waals surface area contributed by atoms with Crippen LogP contribution < -0.4 is 4.74 Å². The van der Waals surface area contributed by atoms with Gasteiger partial charge in [0.25, 0.3) is 0 Å². The molecule has 1 atom stereocenters. The zero-order valence-corrected chi connectivity index (χ0v) is 15.3. The normalized spacial score (nSPS) is 17.2. The Morgan fingerprint density at radius 1 is 1.19 bits per heavy atom. The van der Waals surface area contributed by atoms with Gasteiger partial charge in [-0.2, -0.15) is 0 Å². The van der Waals surface area contributed by atoms with Crippen LogP contribution in [0, 0.1) is 0 Å². The summed E-state index contributed by atoms with van der Waals surface area (Å²) < 4.78 is 7.66. The van der Waals surface area contributed by atoms with Gasteiger partial charge in [-0.3, -0.25) is 9.80 Å². The number of ether oxygens (including phenoxy) is 1. The molecule has 2 aromatic rings. The van der Waals surface area contributed by atoms with Crippen LogP contribution in [0.2, 0.25) is 0 Å². The highest BCUT2D eigenvalue weighted by Gasteiger charge is 2.20. The summed E-state index contributed by atoms with van der Waals surface area (Å²) in [4.78, 5) is 20.2. The molecule has 1 aliphatic heterocycles. The van der Waals surface area contributed by atoms with Crippen LogP contribution in [-0.2, 0) is 24.9 Å². The highest BCUT2D eigenvalue weighted by atomic mass is 16.5. The molecule has 0 amide bonds. The molecule has 1 N–H and O–H groups in total. The monoisotopic (exact) mass is 358 g/mol. The van der Waals surface area contributed by atoms with E-state index in [1.54, 1.807) is 6.92 Å². The number of aromatic nitrogens is 2. The van der Waals surface area contributed by atoms with Crippen molar-refractivity contribution in [2.24, 2.45) is 7.05 Å². The van der Waals surface area contributed by atoms with E-state index in [1.807, 2.05) is 43.7 Å². The lowest BCUT2D eigenvalue weighted by atomic mass is 10.1. The first-order chi connectivity index (χ1) is 12.5. The van der Waals surface area contributed by atoms with Gasteiger partial charge in [-0.1, -0.05) is 18.2 Å². The van der Waals surface area contributed by atoms with E-state index in [0.717, 1.165) is 50.7 Å². The molecule has 2 heterocycles. The van der Waals surface area contributed by atoms with Crippen LogP contribution in [0.1, 0.15) is 18.3 Å². The van der Waals surface area contributed by atoms with Crippen molar-refractivity contribution in [3.05, 3.63) is 48.0 Å². The maximum absolute atomic E-state index is 11.0. The number of nitrogens with zero attached hydrogens (tertiary/aromatic N) is 4. The Kier molecular flexibility index (Phi) is 5.90. The van der Waals surface area contributed by atoms with Crippen molar-refractivity contribution >= 4 is 5.97 Å². The fraction of sp³-hybridized carbons (Fsp3) is 0.474. The summed E-state index contributed by atoms with van der Waals surface area (Å²) in [7, 11) is 2.02. The standard InChI is InChI=1S/C19H26N4O3/c1-15(19(24)25)26-17-6-4-3-5-16(17)13-22-9-11-23(12-10-22)14-18-20-7-8-21(18)2/h3-8,15H,9-14H2,1-2H3,(H,24,25). The molecule has 1 aliphatic rings. The number of carboxylic acids is 1. The average Bonchev–Trinajstić information content (AvgIpc) is 3.03. The minimum Gasteiger partial charge on any atom is -0.479 e. The summed E-state index contributed by atoms with van der Waals surface area (Å²) in [6.07, 6.45) is 2.95. The van der Waals surface area contributed by atoms with E-state index in [-0.39, 0.29) is 0 Å². The first-order valence-corrected chi connectivity index (χ1v) is 8.91. The Hall–Kier alpha value is -2.38. The van der Waals surface area contributed by atoms with Crippen molar-refractivity contribution in [2.75, 3.05) is 26.2 Å². The van der Waals surface area contributed by atoms with Crippen molar-refractivity contribution in [3.8, 4) is 5.75 Å². The molecule has 0 aliphatic carbocycles. The number of piperazine rings is 1. The predicted molar refractivity (Wildman–Crippen MR) is 97.9 cm³/mol. The van der Waals surface area contributed by atoms with Crippen LogP contribution in [0.25, 0.3) is 0 Å². The fourth-order valence-corrected chi connectivity index (χ4v) is 3.09. The minimum atomic E-state index is -0.956. The number of para-hydroxylation sites is 1. The second kappa shape index (κ2) is 8.33. The number of carboxylic acid groups (broad SMARTS) is 1. The van der Waals surface area contributed by atoms with Crippen LogP contribution in [-0.4, -0.2) is 62.7 Å². The number of hydrogen-bond donors (Lipinski definition) is 1. The van der Waals surface area contributed by atoms with Crippen molar-refractivity contribution in [2.45, 2.75) is 26.1 Å². The number of benzene rings is 1. The zero-order valence-electron chi connectivity index (χ0n) is 15.3. The number of imidazole rings is 1. The van der Waals surface area contributed by atoms with Gasteiger partial charge in [-0.05, 0) is 13.0 Å². The van der Waals surface area contributed by atoms with Gasteiger partial charge in [0.15, 0.2) is 6.10 Å². The van der Waals surface area contributed by atoms with Gasteiger partial charge in [0.2, 0.25) is 0 Å². The molecule has 1 aromatic carbocycles. The topological polar surface area (TPSA) is 70.8 Å². The van der Waals surface area contributed by atoms with Crippen LogP contribution in [0.4, 0.5) is 0 Å². The van der Waals surface area contributed by atoms with Gasteiger partial charge in [0.1, 0.15) is 11.6 Å². The van der Waals surface area contributed by atoms with Gasteiger partial charge in [0, 0.05) is 57.7 Å². The molecule has 0 spiro atoms. The lowest BCUT2D eigenvalue weighted by Gasteiger charge is -2.34. The third-order valence-electron chi connectivity index (χ3n) is 4.77. The van der Waals surface area contributed by atoms with Crippen molar-refractivity contribution in [1.82, 2.24) is 19.4 Å². The van der Waals surface area contributed by atoms with E-state index >= 15 is 0 Å². The van der Waals surface area contributed by atoms with Crippen LogP contribution in [0.15, 0.2) is 36.7 Å². The molecule has 1 aromatic heterocycles. The highest BCUT2D eigenvalue weighted by molar-refractivity contribution is 5.72. The third-order valence-corrected chi connectivity index (χ3v) is 4.77. The number of carbonyl (C=O) groups is 1. The lowest BCUT2D eigenvalue weighted by Crippen LogP contribution is -2.45. The van der Waals surface area contributed by atoms with Crippen LogP contribution in [0.3, 0.4) is 0 Å². The smallest absolute Gasteiger partial charge is 0.344 e. The van der Waals surface area contributed by atoms with Crippen LogP contribution >= 0.6 is 0 Å². The molecule has 26 heavy (non-hydrogen) atoms. The van der Waals surface area contributed by atoms with Crippen molar-refractivity contribution in [3.63, 3.8) is 0 Å². The Balaban J connectivity index is 1.55. The molecule has 3 rings (SSSR count). The van der Waals surface area contributed by atoms with Gasteiger partial charge in [-0.15, -0.1) is 0 Å². The van der Waals surface area contributed by atoms with E-state index in [4.69, 9.17) is 9.84 Å². The molecule has 0 saturated carbocycles. The van der Waals surface area contributed by atoms with E-state index in [9.17, 15) is 4.79 Å². The zero-order chi connectivity index (χ0) is 18.5. The maximum atomic E-state index is 11.0. The molecule has 7 heteroatoms. The molecule has 1 unspecified atom stereocenters. The Morgan fingerprint density at radius 3 is 2.46 bits per heavy atom. The molecule has 0 radical (unpaired) electrons. The number of hydrogen-bond acceptors (Lipinski definition) is 5. The predicted octanol–water partition coefficient (Wildman–Crippen LogP) is 1.59. The number of rotatable bonds is 7. The second-order valence-corrected chi connectivity index (χ2v) is 6.71. The molecule has 7 nitrogen and oxygen atoms in total. The maximum Gasteiger partial charge on any atom is 0.344 e. The van der Waals surface area contributed by atoms with E-state index < -0.39 is 12.1 Å². The minimum absolute atomic E-state index is 0.651. The summed E-state index contributed by atoms with van der Waals surface area (Å²) in [5, 5.41) is 9.06. The largest absolute Gasteiger partial charge is 0.479 e. The SMILES string of the molecule is CC(Oc1ccccc1CN1CCN(Cc2nccn2C)CC1)C(=O)O. The van der Waals surface area contributed by atoms with Gasteiger partial charge in [-0.25, -0.2) is 9.78 Å². The highest BCUT2D eigenvalue weighted by Crippen LogP contribution is 2.22. The first kappa shape index (κ1) is 18.4. The summed E-state index contributed by atoms with van der Waals surface area (Å²) in [6, 6.07) is 7.68. The quantitative estimate of drug-likeness (QED) is 0.811. The summed E-state index contributed by atoms with van der Waals surface area (Å²) in [5.74, 6) is 0.778. The second-order valence-electron chi connectivity index (χ2n) is 6.71. The van der Waals surface area contributed by atoms with Gasteiger partial charge >= 0.3 is 5.97 Å². The van der Waals surface area contributed by atoms with Gasteiger partial charge < -0.3 is 14.4 Å². The third kappa shape index (κ3) is 4.62. The first-order valence-electron chi connectivity index (χ1n) is 8.91. The van der Waals surface area contributed by atoms with E-state index in [2.05, 4.69) is 19.4 Å². The van der Waals surface area contributed by atoms with E-state index in [1.165, 1.54) is 0 Å². The molecule has 0 bridgehead atoms. The number of aliphatic carboxylic acids is 1. The van der Waals surface area contributed by atoms with Crippen molar-refractivity contribution in [1.29, 1.82) is 0 Å². The average molecular weight is 358 g/mol. The van der Waals surface area contributed by atoms with E-state index in [0.29, 0.717) is 5.75 Å². The van der Waals surface area contributed by atoms with Crippen molar-refractivity contribution < 1.29 is 14.6 Å². The summed E-state index contributed by atoms with van der Waals surface area (Å²) in [6.45, 7) is 7.09. The Bertz CT molecular complexity index is 738. The number of aryl methyl sites for hydroxylation is 1. The Morgan fingerprint density at radius 2 is 1.85 bits per heavy atom. The molecule has 1 fully saturated rings. The molecular formula is C19H26N4O3. The van der Waals surface area contributed by atoms with Crippen LogP contribution in [0.5, 0.6) is 5.75 Å². The van der Waals surface area contributed by atoms with Gasteiger partial charge in [0.05, 0.1) is 6.54 Å². The summed E-state index contributed by atoms with van der Waals surface area (Å²) >= 11 is 0. The Labute approximate surface area is 153 Å². The molecule has 140 valence electrons. The molecular weight excluding hydrogens is 332 g/mol. The lowest BCUT2D eigenvalue weighted by molar-refractivity contribution is -0.144. The summed E-state index contributed by atoms with van der Waals surface area (Å²) in [5.41, 5.74) is 1.03.